The van der Waals surface area contributed by atoms with E-state index in [9.17, 15) is 4.79 Å². The number of carbonyl (C=O) groups excluding carboxylic acids is 1. The van der Waals surface area contributed by atoms with E-state index in [2.05, 4.69) is 5.10 Å². The van der Waals surface area contributed by atoms with Crippen molar-refractivity contribution in [2.75, 3.05) is 12.4 Å². The standard InChI is InChI=1S/C13H20ClN3O/c1-9-10-5-6-17(7-11(10)16(4)15-9)12(18)13(2,3)8-14/h5-8H2,1-4H3. The van der Waals surface area contributed by atoms with E-state index in [0.29, 0.717) is 12.4 Å². The Bertz CT molecular complexity index is 479. The molecule has 1 amide bonds. The van der Waals surface area contributed by atoms with Crippen molar-refractivity contribution in [2.45, 2.75) is 33.7 Å². The Labute approximate surface area is 113 Å². The van der Waals surface area contributed by atoms with Crippen LogP contribution in [0.1, 0.15) is 30.8 Å². The van der Waals surface area contributed by atoms with Crippen LogP contribution in [0.25, 0.3) is 0 Å². The zero-order valence-electron chi connectivity index (χ0n) is 11.5. The van der Waals surface area contributed by atoms with Gasteiger partial charge in [-0.05, 0) is 32.8 Å². The predicted molar refractivity (Wildman–Crippen MR) is 71.6 cm³/mol. The van der Waals surface area contributed by atoms with Crippen molar-refractivity contribution in [3.05, 3.63) is 17.0 Å². The van der Waals surface area contributed by atoms with Gasteiger partial charge in [-0.2, -0.15) is 5.10 Å². The summed E-state index contributed by atoms with van der Waals surface area (Å²) < 4.78 is 1.89. The molecule has 0 saturated heterocycles. The van der Waals surface area contributed by atoms with Crippen molar-refractivity contribution in [1.82, 2.24) is 14.7 Å². The van der Waals surface area contributed by atoms with Crippen molar-refractivity contribution in [3.63, 3.8) is 0 Å². The lowest BCUT2D eigenvalue weighted by Crippen LogP contribution is -2.44. The fourth-order valence-corrected chi connectivity index (χ4v) is 2.55. The van der Waals surface area contributed by atoms with Gasteiger partial charge in [0.2, 0.25) is 5.91 Å². The molecule has 0 aromatic carbocycles. The minimum atomic E-state index is -0.493. The van der Waals surface area contributed by atoms with Gasteiger partial charge < -0.3 is 4.90 Å². The highest BCUT2D eigenvalue weighted by atomic mass is 35.5. The minimum absolute atomic E-state index is 0.127. The van der Waals surface area contributed by atoms with E-state index in [1.165, 1.54) is 5.56 Å². The van der Waals surface area contributed by atoms with E-state index in [-0.39, 0.29) is 5.91 Å². The highest BCUT2D eigenvalue weighted by molar-refractivity contribution is 6.19. The first-order chi connectivity index (χ1) is 8.36. The number of halogens is 1. The second-order valence-electron chi connectivity index (χ2n) is 5.63. The van der Waals surface area contributed by atoms with E-state index < -0.39 is 5.41 Å². The van der Waals surface area contributed by atoms with Crippen molar-refractivity contribution in [1.29, 1.82) is 0 Å². The number of hydrogen-bond acceptors (Lipinski definition) is 2. The summed E-state index contributed by atoms with van der Waals surface area (Å²) in [6, 6.07) is 0. The molecular formula is C13H20ClN3O. The largest absolute Gasteiger partial charge is 0.336 e. The van der Waals surface area contributed by atoms with Crippen molar-refractivity contribution < 1.29 is 4.79 Å². The van der Waals surface area contributed by atoms with E-state index in [1.54, 1.807) is 0 Å². The molecule has 4 nitrogen and oxygen atoms in total. The number of rotatable bonds is 2. The molecule has 1 aromatic heterocycles. The number of hydrogen-bond donors (Lipinski definition) is 0. The normalized spacial score (nSPS) is 15.7. The van der Waals surface area contributed by atoms with Gasteiger partial charge in [0.15, 0.2) is 0 Å². The Morgan fingerprint density at radius 3 is 2.78 bits per heavy atom. The first-order valence-electron chi connectivity index (χ1n) is 6.23. The molecule has 2 heterocycles. The fraction of sp³-hybridized carbons (Fsp3) is 0.692. The van der Waals surface area contributed by atoms with Crippen LogP contribution in [-0.4, -0.2) is 33.0 Å². The Morgan fingerprint density at radius 1 is 1.50 bits per heavy atom. The van der Waals surface area contributed by atoms with Crippen LogP contribution in [0.2, 0.25) is 0 Å². The van der Waals surface area contributed by atoms with Crippen molar-refractivity contribution >= 4 is 17.5 Å². The lowest BCUT2D eigenvalue weighted by molar-refractivity contribution is -0.140. The van der Waals surface area contributed by atoms with E-state index in [4.69, 9.17) is 11.6 Å². The molecule has 100 valence electrons. The molecule has 0 unspecified atom stereocenters. The van der Waals surface area contributed by atoms with Crippen LogP contribution >= 0.6 is 11.6 Å². The molecule has 18 heavy (non-hydrogen) atoms. The van der Waals surface area contributed by atoms with Gasteiger partial charge in [-0.15, -0.1) is 11.6 Å². The summed E-state index contributed by atoms with van der Waals surface area (Å²) in [7, 11) is 1.94. The number of nitrogens with zero attached hydrogens (tertiary/aromatic N) is 3. The number of carbonyl (C=O) groups is 1. The maximum Gasteiger partial charge on any atom is 0.229 e. The molecule has 1 aliphatic rings. The van der Waals surface area contributed by atoms with Gasteiger partial charge in [0, 0.05) is 19.5 Å². The number of fused-ring (bicyclic) bond motifs is 1. The van der Waals surface area contributed by atoms with Gasteiger partial charge in [0.25, 0.3) is 0 Å². The maximum absolute atomic E-state index is 12.4. The summed E-state index contributed by atoms with van der Waals surface area (Å²) in [4.78, 5) is 14.3. The predicted octanol–water partition coefficient (Wildman–Crippen LogP) is 1.88. The van der Waals surface area contributed by atoms with Crippen LogP contribution in [-0.2, 0) is 24.8 Å². The summed E-state index contributed by atoms with van der Waals surface area (Å²) >= 11 is 5.88. The zero-order chi connectivity index (χ0) is 13.5. The molecule has 0 radical (unpaired) electrons. The van der Waals surface area contributed by atoms with Crippen LogP contribution in [0, 0.1) is 12.3 Å². The zero-order valence-corrected chi connectivity index (χ0v) is 12.2. The summed E-state index contributed by atoms with van der Waals surface area (Å²) in [5.41, 5.74) is 3.03. The third kappa shape index (κ3) is 2.14. The van der Waals surface area contributed by atoms with Crippen LogP contribution in [0.15, 0.2) is 0 Å². The topological polar surface area (TPSA) is 38.1 Å². The highest BCUT2D eigenvalue weighted by Crippen LogP contribution is 2.26. The number of aryl methyl sites for hydroxylation is 2. The third-order valence-electron chi connectivity index (χ3n) is 3.65. The van der Waals surface area contributed by atoms with E-state index in [1.807, 2.05) is 37.4 Å². The average molecular weight is 270 g/mol. The first-order valence-corrected chi connectivity index (χ1v) is 6.77. The van der Waals surface area contributed by atoms with E-state index >= 15 is 0 Å². The van der Waals surface area contributed by atoms with Crippen molar-refractivity contribution in [2.24, 2.45) is 12.5 Å². The Balaban J connectivity index is 2.22. The van der Waals surface area contributed by atoms with Crippen molar-refractivity contribution in [3.8, 4) is 0 Å². The molecular weight excluding hydrogens is 250 g/mol. The van der Waals surface area contributed by atoms with E-state index in [0.717, 1.165) is 24.4 Å². The van der Waals surface area contributed by atoms with Gasteiger partial charge in [0.05, 0.1) is 23.3 Å². The SMILES string of the molecule is Cc1nn(C)c2c1CCN(C(=O)C(C)(C)CCl)C2. The quantitative estimate of drug-likeness (QED) is 0.769. The second kappa shape index (κ2) is 4.57. The summed E-state index contributed by atoms with van der Waals surface area (Å²) in [5.74, 6) is 0.474. The molecule has 1 aliphatic heterocycles. The monoisotopic (exact) mass is 269 g/mol. The number of alkyl halides is 1. The molecule has 5 heteroatoms. The van der Waals surface area contributed by atoms with Gasteiger partial charge >= 0.3 is 0 Å². The summed E-state index contributed by atoms with van der Waals surface area (Å²) in [5, 5.41) is 4.42. The molecule has 0 saturated carbocycles. The lowest BCUT2D eigenvalue weighted by atomic mass is 9.92. The molecule has 0 spiro atoms. The molecule has 0 bridgehead atoms. The average Bonchev–Trinajstić information content (AvgIpc) is 2.63. The lowest BCUT2D eigenvalue weighted by Gasteiger charge is -2.33. The summed E-state index contributed by atoms with van der Waals surface area (Å²) in [6.07, 6.45) is 0.888. The van der Waals surface area contributed by atoms with Crippen LogP contribution in [0.3, 0.4) is 0 Å². The molecule has 0 aliphatic carbocycles. The van der Waals surface area contributed by atoms with Crippen LogP contribution in [0.4, 0.5) is 0 Å². The third-order valence-corrected chi connectivity index (χ3v) is 4.32. The molecule has 1 aromatic rings. The van der Waals surface area contributed by atoms with Gasteiger partial charge in [-0.1, -0.05) is 0 Å². The number of amides is 1. The second-order valence-corrected chi connectivity index (χ2v) is 5.90. The molecule has 0 atom stereocenters. The highest BCUT2D eigenvalue weighted by Gasteiger charge is 2.34. The Hall–Kier alpha value is -1.03. The van der Waals surface area contributed by atoms with Crippen LogP contribution in [0.5, 0.6) is 0 Å². The maximum atomic E-state index is 12.4. The Kier molecular flexibility index (Phi) is 3.41. The smallest absolute Gasteiger partial charge is 0.229 e. The molecule has 0 N–H and O–H groups in total. The first kappa shape index (κ1) is 13.4. The van der Waals surface area contributed by atoms with Gasteiger partial charge in [-0.3, -0.25) is 9.48 Å². The Morgan fingerprint density at radius 2 is 2.17 bits per heavy atom. The molecule has 2 rings (SSSR count). The summed E-state index contributed by atoms with van der Waals surface area (Å²) in [6.45, 7) is 7.22. The fourth-order valence-electron chi connectivity index (χ4n) is 2.44. The van der Waals surface area contributed by atoms with Crippen LogP contribution < -0.4 is 0 Å². The molecule has 0 fully saturated rings. The number of aromatic nitrogens is 2. The van der Waals surface area contributed by atoms with Gasteiger partial charge in [-0.25, -0.2) is 0 Å². The minimum Gasteiger partial charge on any atom is -0.336 e. The van der Waals surface area contributed by atoms with Gasteiger partial charge in [0.1, 0.15) is 0 Å².